The first-order chi connectivity index (χ1) is 6.69. The van der Waals surface area contributed by atoms with Gasteiger partial charge in [-0.25, -0.2) is 0 Å². The third-order valence-corrected chi connectivity index (χ3v) is 2.57. The SMILES string of the molecule is COCCOCCOC1(C)COC1C. The lowest BCUT2D eigenvalue weighted by Gasteiger charge is -2.44. The summed E-state index contributed by atoms with van der Waals surface area (Å²) in [6.45, 7) is 7.27. The van der Waals surface area contributed by atoms with Crippen LogP contribution < -0.4 is 0 Å². The minimum absolute atomic E-state index is 0.107. The molecule has 2 unspecified atom stereocenters. The summed E-state index contributed by atoms with van der Waals surface area (Å²) in [4.78, 5) is 0. The summed E-state index contributed by atoms with van der Waals surface area (Å²) in [5.41, 5.74) is -0.107. The molecule has 2 atom stereocenters. The van der Waals surface area contributed by atoms with Crippen molar-refractivity contribution in [1.82, 2.24) is 0 Å². The molecule has 0 aromatic rings. The maximum Gasteiger partial charge on any atom is 0.114 e. The number of ether oxygens (including phenoxy) is 4. The molecule has 84 valence electrons. The standard InChI is InChI=1S/C10H20O4/c1-9-10(2,8-13-9)14-7-6-12-5-4-11-3/h9H,4-8H2,1-3H3. The quantitative estimate of drug-likeness (QED) is 0.576. The summed E-state index contributed by atoms with van der Waals surface area (Å²) in [7, 11) is 1.66. The first-order valence-corrected chi connectivity index (χ1v) is 5.01. The van der Waals surface area contributed by atoms with Crippen LogP contribution in [0.1, 0.15) is 13.8 Å². The van der Waals surface area contributed by atoms with Crippen LogP contribution in [0.2, 0.25) is 0 Å². The van der Waals surface area contributed by atoms with Gasteiger partial charge in [-0.1, -0.05) is 0 Å². The van der Waals surface area contributed by atoms with Crippen molar-refractivity contribution in [1.29, 1.82) is 0 Å². The van der Waals surface area contributed by atoms with Crippen LogP contribution in [0.4, 0.5) is 0 Å². The van der Waals surface area contributed by atoms with Crippen LogP contribution in [-0.4, -0.2) is 51.8 Å². The van der Waals surface area contributed by atoms with Gasteiger partial charge >= 0.3 is 0 Å². The van der Waals surface area contributed by atoms with E-state index in [4.69, 9.17) is 18.9 Å². The maximum absolute atomic E-state index is 5.67. The third kappa shape index (κ3) is 3.20. The van der Waals surface area contributed by atoms with E-state index in [0.29, 0.717) is 33.0 Å². The zero-order valence-electron chi connectivity index (χ0n) is 9.25. The van der Waals surface area contributed by atoms with Gasteiger partial charge in [0.15, 0.2) is 0 Å². The van der Waals surface area contributed by atoms with Crippen LogP contribution in [0.5, 0.6) is 0 Å². The van der Waals surface area contributed by atoms with Crippen LogP contribution in [0.15, 0.2) is 0 Å². The Morgan fingerprint density at radius 3 is 2.50 bits per heavy atom. The second kappa shape index (κ2) is 5.66. The smallest absolute Gasteiger partial charge is 0.114 e. The largest absolute Gasteiger partial charge is 0.382 e. The van der Waals surface area contributed by atoms with Gasteiger partial charge in [0.05, 0.1) is 39.1 Å². The first-order valence-electron chi connectivity index (χ1n) is 5.01. The Bertz CT molecular complexity index is 162. The molecule has 1 aliphatic rings. The fourth-order valence-corrected chi connectivity index (χ4v) is 1.22. The predicted molar refractivity (Wildman–Crippen MR) is 52.5 cm³/mol. The Morgan fingerprint density at radius 1 is 1.29 bits per heavy atom. The lowest BCUT2D eigenvalue weighted by molar-refractivity contribution is -0.248. The molecule has 0 saturated carbocycles. The van der Waals surface area contributed by atoms with E-state index in [1.54, 1.807) is 7.11 Å². The Hall–Kier alpha value is -0.160. The summed E-state index contributed by atoms with van der Waals surface area (Å²) < 4.78 is 21.1. The molecule has 4 heteroatoms. The lowest BCUT2D eigenvalue weighted by Crippen LogP contribution is -2.56. The molecule has 1 saturated heterocycles. The molecule has 1 fully saturated rings. The van der Waals surface area contributed by atoms with Crippen molar-refractivity contribution in [2.24, 2.45) is 0 Å². The third-order valence-electron chi connectivity index (χ3n) is 2.57. The van der Waals surface area contributed by atoms with E-state index in [0.717, 1.165) is 0 Å². The Labute approximate surface area is 85.5 Å². The van der Waals surface area contributed by atoms with Crippen molar-refractivity contribution < 1.29 is 18.9 Å². The molecule has 0 aromatic carbocycles. The highest BCUT2D eigenvalue weighted by Gasteiger charge is 2.42. The van der Waals surface area contributed by atoms with Gasteiger partial charge in [0.25, 0.3) is 0 Å². The Kier molecular flexibility index (Phi) is 4.81. The molecule has 1 aliphatic heterocycles. The number of methoxy groups -OCH3 is 1. The minimum Gasteiger partial charge on any atom is -0.382 e. The van der Waals surface area contributed by atoms with Crippen LogP contribution in [0, 0.1) is 0 Å². The summed E-state index contributed by atoms with van der Waals surface area (Å²) in [6, 6.07) is 0. The molecule has 14 heavy (non-hydrogen) atoms. The zero-order chi connectivity index (χ0) is 10.4. The molecule has 1 rings (SSSR count). The van der Waals surface area contributed by atoms with Crippen molar-refractivity contribution in [3.63, 3.8) is 0 Å². The van der Waals surface area contributed by atoms with Crippen molar-refractivity contribution >= 4 is 0 Å². The van der Waals surface area contributed by atoms with Crippen molar-refractivity contribution in [3.8, 4) is 0 Å². The molecule has 0 bridgehead atoms. The average Bonchev–Trinajstić information content (AvgIpc) is 2.20. The van der Waals surface area contributed by atoms with E-state index >= 15 is 0 Å². The van der Waals surface area contributed by atoms with Gasteiger partial charge in [-0.05, 0) is 13.8 Å². The molecule has 0 aromatic heterocycles. The summed E-state index contributed by atoms with van der Waals surface area (Å²) in [5.74, 6) is 0. The monoisotopic (exact) mass is 204 g/mol. The molecule has 0 amide bonds. The first kappa shape index (κ1) is 11.9. The Balaban J connectivity index is 1.93. The normalized spacial score (nSPS) is 31.5. The molecule has 0 N–H and O–H groups in total. The summed E-state index contributed by atoms with van der Waals surface area (Å²) >= 11 is 0. The molecule has 4 nitrogen and oxygen atoms in total. The van der Waals surface area contributed by atoms with E-state index in [1.165, 1.54) is 0 Å². The molecule has 0 spiro atoms. The minimum atomic E-state index is -0.107. The fraction of sp³-hybridized carbons (Fsp3) is 1.00. The van der Waals surface area contributed by atoms with Gasteiger partial charge in [0.2, 0.25) is 0 Å². The maximum atomic E-state index is 5.67. The van der Waals surface area contributed by atoms with Gasteiger partial charge in [0.1, 0.15) is 5.60 Å². The molecule has 0 radical (unpaired) electrons. The number of hydrogen-bond acceptors (Lipinski definition) is 4. The average molecular weight is 204 g/mol. The Morgan fingerprint density at radius 2 is 2.00 bits per heavy atom. The number of hydrogen-bond donors (Lipinski definition) is 0. The van der Waals surface area contributed by atoms with E-state index in [-0.39, 0.29) is 11.7 Å². The van der Waals surface area contributed by atoms with Crippen molar-refractivity contribution in [3.05, 3.63) is 0 Å². The molecule has 1 heterocycles. The molecular weight excluding hydrogens is 184 g/mol. The van der Waals surface area contributed by atoms with E-state index < -0.39 is 0 Å². The molecular formula is C10H20O4. The highest BCUT2D eigenvalue weighted by atomic mass is 16.6. The van der Waals surface area contributed by atoms with Crippen LogP contribution in [0.25, 0.3) is 0 Å². The fourth-order valence-electron chi connectivity index (χ4n) is 1.22. The van der Waals surface area contributed by atoms with Gasteiger partial charge in [-0.2, -0.15) is 0 Å². The van der Waals surface area contributed by atoms with Gasteiger partial charge < -0.3 is 18.9 Å². The van der Waals surface area contributed by atoms with Crippen molar-refractivity contribution in [2.45, 2.75) is 25.6 Å². The van der Waals surface area contributed by atoms with E-state index in [2.05, 4.69) is 6.92 Å². The predicted octanol–water partition coefficient (Wildman–Crippen LogP) is 0.843. The van der Waals surface area contributed by atoms with E-state index in [9.17, 15) is 0 Å². The van der Waals surface area contributed by atoms with E-state index in [1.807, 2.05) is 6.92 Å². The second-order valence-electron chi connectivity index (χ2n) is 3.72. The van der Waals surface area contributed by atoms with Crippen LogP contribution in [-0.2, 0) is 18.9 Å². The lowest BCUT2D eigenvalue weighted by atomic mass is 9.96. The highest BCUT2D eigenvalue weighted by Crippen LogP contribution is 2.28. The van der Waals surface area contributed by atoms with Gasteiger partial charge in [0, 0.05) is 7.11 Å². The zero-order valence-corrected chi connectivity index (χ0v) is 9.25. The summed E-state index contributed by atoms with van der Waals surface area (Å²) in [5, 5.41) is 0. The van der Waals surface area contributed by atoms with Gasteiger partial charge in [-0.15, -0.1) is 0 Å². The topological polar surface area (TPSA) is 36.9 Å². The highest BCUT2D eigenvalue weighted by molar-refractivity contribution is 4.90. The van der Waals surface area contributed by atoms with Gasteiger partial charge in [-0.3, -0.25) is 0 Å². The second-order valence-corrected chi connectivity index (χ2v) is 3.72. The summed E-state index contributed by atoms with van der Waals surface area (Å²) in [6.07, 6.45) is 0.196. The van der Waals surface area contributed by atoms with Crippen LogP contribution >= 0.6 is 0 Å². The molecule has 0 aliphatic carbocycles. The number of rotatable bonds is 7. The van der Waals surface area contributed by atoms with Crippen LogP contribution in [0.3, 0.4) is 0 Å². The van der Waals surface area contributed by atoms with Crippen molar-refractivity contribution in [2.75, 3.05) is 40.1 Å².